The van der Waals surface area contributed by atoms with Gasteiger partial charge in [-0.05, 0) is 34.4 Å². The van der Waals surface area contributed by atoms with Crippen LogP contribution in [0.4, 0.5) is 5.69 Å². The standard InChI is InChI=1S/C24H29NO4/c1-2-5-21-19-23-22(18-20(21)4-1)6-3-7-24(23)25-8-10-26-12-14-28-16-17-29-15-13-27-11-9-25/h1-7,18-19H,8-17H2. The molecule has 1 fully saturated rings. The van der Waals surface area contributed by atoms with E-state index in [0.717, 1.165) is 13.1 Å². The van der Waals surface area contributed by atoms with E-state index in [9.17, 15) is 0 Å². The van der Waals surface area contributed by atoms with E-state index >= 15 is 0 Å². The molecular weight excluding hydrogens is 366 g/mol. The van der Waals surface area contributed by atoms with Gasteiger partial charge in [0.05, 0.1) is 52.9 Å². The molecule has 0 unspecified atom stereocenters. The first kappa shape index (κ1) is 20.1. The first-order valence-corrected chi connectivity index (χ1v) is 10.4. The van der Waals surface area contributed by atoms with Crippen molar-refractivity contribution in [3.63, 3.8) is 0 Å². The van der Waals surface area contributed by atoms with Crippen molar-refractivity contribution in [2.45, 2.75) is 0 Å². The molecule has 3 aromatic rings. The van der Waals surface area contributed by atoms with Crippen LogP contribution in [-0.4, -0.2) is 65.9 Å². The topological polar surface area (TPSA) is 40.2 Å². The molecule has 0 atom stereocenters. The van der Waals surface area contributed by atoms with Crippen LogP contribution >= 0.6 is 0 Å². The number of hydrogen-bond donors (Lipinski definition) is 0. The summed E-state index contributed by atoms with van der Waals surface area (Å²) in [5.41, 5.74) is 1.22. The second kappa shape index (κ2) is 10.6. The number of rotatable bonds is 1. The Morgan fingerprint density at radius 1 is 0.517 bits per heavy atom. The number of fused-ring (bicyclic) bond motifs is 2. The van der Waals surface area contributed by atoms with Crippen molar-refractivity contribution in [1.82, 2.24) is 0 Å². The summed E-state index contributed by atoms with van der Waals surface area (Å²) in [7, 11) is 0. The molecule has 0 spiro atoms. The van der Waals surface area contributed by atoms with E-state index in [-0.39, 0.29) is 0 Å². The minimum Gasteiger partial charge on any atom is -0.377 e. The van der Waals surface area contributed by atoms with Crippen molar-refractivity contribution >= 4 is 27.2 Å². The van der Waals surface area contributed by atoms with Crippen LogP contribution in [0, 0.1) is 0 Å². The van der Waals surface area contributed by atoms with E-state index in [1.165, 1.54) is 27.2 Å². The molecule has 1 aliphatic heterocycles. The monoisotopic (exact) mass is 395 g/mol. The van der Waals surface area contributed by atoms with Crippen molar-refractivity contribution in [3.8, 4) is 0 Å². The number of anilines is 1. The van der Waals surface area contributed by atoms with E-state index in [2.05, 4.69) is 59.5 Å². The Morgan fingerprint density at radius 2 is 1.03 bits per heavy atom. The predicted octanol–water partition coefficient (Wildman–Crippen LogP) is 3.88. The fourth-order valence-electron chi connectivity index (χ4n) is 3.69. The molecule has 1 aliphatic rings. The molecule has 0 N–H and O–H groups in total. The van der Waals surface area contributed by atoms with Gasteiger partial charge in [-0.25, -0.2) is 0 Å². The van der Waals surface area contributed by atoms with Crippen molar-refractivity contribution in [3.05, 3.63) is 54.6 Å². The molecule has 0 radical (unpaired) electrons. The van der Waals surface area contributed by atoms with Gasteiger partial charge in [0.25, 0.3) is 0 Å². The van der Waals surface area contributed by atoms with Crippen LogP contribution in [0.15, 0.2) is 54.6 Å². The molecule has 0 aliphatic carbocycles. The zero-order valence-corrected chi connectivity index (χ0v) is 16.8. The maximum absolute atomic E-state index is 5.80. The Kier molecular flexibility index (Phi) is 7.32. The van der Waals surface area contributed by atoms with Crippen LogP contribution in [0.1, 0.15) is 0 Å². The third-order valence-electron chi connectivity index (χ3n) is 5.19. The zero-order valence-electron chi connectivity index (χ0n) is 16.8. The maximum atomic E-state index is 5.80. The highest BCUT2D eigenvalue weighted by Crippen LogP contribution is 2.30. The highest BCUT2D eigenvalue weighted by atomic mass is 16.6. The van der Waals surface area contributed by atoms with E-state index < -0.39 is 0 Å². The van der Waals surface area contributed by atoms with Gasteiger partial charge in [0.15, 0.2) is 0 Å². The van der Waals surface area contributed by atoms with E-state index in [0.29, 0.717) is 52.9 Å². The van der Waals surface area contributed by atoms with Gasteiger partial charge in [0, 0.05) is 24.2 Å². The summed E-state index contributed by atoms with van der Waals surface area (Å²) in [6, 6.07) is 19.6. The first-order chi connectivity index (χ1) is 14.4. The van der Waals surface area contributed by atoms with Gasteiger partial charge in [-0.2, -0.15) is 0 Å². The smallest absolute Gasteiger partial charge is 0.0701 e. The van der Waals surface area contributed by atoms with Gasteiger partial charge in [0.2, 0.25) is 0 Å². The highest BCUT2D eigenvalue weighted by Gasteiger charge is 2.11. The molecular formula is C24H29NO4. The summed E-state index contributed by atoms with van der Waals surface area (Å²) in [6.45, 7) is 6.53. The number of nitrogens with zero attached hydrogens (tertiary/aromatic N) is 1. The molecule has 4 rings (SSSR count). The van der Waals surface area contributed by atoms with Gasteiger partial charge in [0.1, 0.15) is 0 Å². The molecule has 29 heavy (non-hydrogen) atoms. The molecule has 1 saturated heterocycles. The Hall–Kier alpha value is -2.18. The summed E-state index contributed by atoms with van der Waals surface area (Å²) in [5, 5.41) is 5.03. The highest BCUT2D eigenvalue weighted by molar-refractivity contribution is 6.03. The predicted molar refractivity (Wildman–Crippen MR) is 117 cm³/mol. The van der Waals surface area contributed by atoms with Crippen molar-refractivity contribution in [2.75, 3.05) is 70.8 Å². The van der Waals surface area contributed by atoms with Crippen LogP contribution in [0.5, 0.6) is 0 Å². The number of ether oxygens (including phenoxy) is 4. The molecule has 0 saturated carbocycles. The van der Waals surface area contributed by atoms with Crippen LogP contribution in [-0.2, 0) is 18.9 Å². The summed E-state index contributed by atoms with van der Waals surface area (Å²) in [5.74, 6) is 0. The summed E-state index contributed by atoms with van der Waals surface area (Å²) in [6.07, 6.45) is 0. The minimum atomic E-state index is 0.597. The molecule has 0 aromatic heterocycles. The van der Waals surface area contributed by atoms with Gasteiger partial charge >= 0.3 is 0 Å². The lowest BCUT2D eigenvalue weighted by atomic mass is 10.0. The number of hydrogen-bond acceptors (Lipinski definition) is 5. The van der Waals surface area contributed by atoms with E-state index in [1.807, 2.05) is 0 Å². The lowest BCUT2D eigenvalue weighted by molar-refractivity contribution is 0.00206. The van der Waals surface area contributed by atoms with Crippen molar-refractivity contribution in [2.24, 2.45) is 0 Å². The summed E-state index contributed by atoms with van der Waals surface area (Å²) >= 11 is 0. The van der Waals surface area contributed by atoms with Crippen LogP contribution < -0.4 is 4.90 Å². The van der Waals surface area contributed by atoms with Crippen LogP contribution in [0.2, 0.25) is 0 Å². The van der Waals surface area contributed by atoms with Gasteiger partial charge in [-0.15, -0.1) is 0 Å². The molecule has 5 heteroatoms. The fraction of sp³-hybridized carbons (Fsp3) is 0.417. The average Bonchev–Trinajstić information content (AvgIpc) is 2.76. The summed E-state index contributed by atoms with van der Waals surface area (Å²) in [4.78, 5) is 2.36. The maximum Gasteiger partial charge on any atom is 0.0701 e. The van der Waals surface area contributed by atoms with Crippen molar-refractivity contribution < 1.29 is 18.9 Å². The quantitative estimate of drug-likeness (QED) is 0.585. The Morgan fingerprint density at radius 3 is 1.66 bits per heavy atom. The van der Waals surface area contributed by atoms with E-state index in [1.54, 1.807) is 0 Å². The Balaban J connectivity index is 1.56. The normalized spacial score (nSPS) is 18.4. The molecule has 154 valence electrons. The SMILES string of the molecule is c1ccc2cc3c(N4CCOCCOCCOCCOCC4)cccc3cc2c1. The minimum absolute atomic E-state index is 0.597. The lowest BCUT2D eigenvalue weighted by Gasteiger charge is -2.26. The summed E-state index contributed by atoms with van der Waals surface area (Å²) < 4.78 is 22.6. The first-order valence-electron chi connectivity index (χ1n) is 10.4. The fourth-order valence-corrected chi connectivity index (χ4v) is 3.69. The third kappa shape index (κ3) is 5.46. The Labute approximate surface area is 172 Å². The second-order valence-electron chi connectivity index (χ2n) is 7.13. The second-order valence-corrected chi connectivity index (χ2v) is 7.13. The van der Waals surface area contributed by atoms with Gasteiger partial charge in [-0.3, -0.25) is 0 Å². The van der Waals surface area contributed by atoms with Crippen LogP contribution in [0.3, 0.4) is 0 Å². The molecule has 5 nitrogen and oxygen atoms in total. The largest absolute Gasteiger partial charge is 0.377 e. The Bertz CT molecular complexity index is 898. The molecule has 1 heterocycles. The molecule has 3 aromatic carbocycles. The zero-order chi connectivity index (χ0) is 19.7. The third-order valence-corrected chi connectivity index (χ3v) is 5.19. The van der Waals surface area contributed by atoms with Gasteiger partial charge < -0.3 is 23.8 Å². The molecule has 0 amide bonds. The lowest BCUT2D eigenvalue weighted by Crippen LogP contribution is -2.31. The van der Waals surface area contributed by atoms with Gasteiger partial charge in [-0.1, -0.05) is 36.4 Å². The van der Waals surface area contributed by atoms with E-state index in [4.69, 9.17) is 18.9 Å². The molecule has 0 bridgehead atoms. The number of benzene rings is 3. The van der Waals surface area contributed by atoms with Crippen molar-refractivity contribution in [1.29, 1.82) is 0 Å². The average molecular weight is 395 g/mol. The van der Waals surface area contributed by atoms with Crippen LogP contribution in [0.25, 0.3) is 21.5 Å².